The lowest BCUT2D eigenvalue weighted by Crippen LogP contribution is -2.25. The number of hydrogen-bond donors (Lipinski definition) is 1. The molecule has 0 aromatic carbocycles. The Labute approximate surface area is 80.5 Å². The lowest BCUT2D eigenvalue weighted by atomic mass is 9.87. The first-order valence-electron chi connectivity index (χ1n) is 4.08. The zero-order valence-corrected chi connectivity index (χ0v) is 8.58. The van der Waals surface area contributed by atoms with Gasteiger partial charge >= 0.3 is 5.97 Å². The molecule has 0 aromatic heterocycles. The van der Waals surface area contributed by atoms with Crippen LogP contribution in [0.5, 0.6) is 0 Å². The fraction of sp³-hybridized carbons (Fsp3) is 0.875. The summed E-state index contributed by atoms with van der Waals surface area (Å²) in [5, 5.41) is 8.73. The average Bonchev–Trinajstić information content (AvgIpc) is 2.05. The number of rotatable bonds is 2. The van der Waals surface area contributed by atoms with Crippen LogP contribution in [0.2, 0.25) is 0 Å². The third kappa shape index (κ3) is 2.61. The van der Waals surface area contributed by atoms with Gasteiger partial charge in [0, 0.05) is 0 Å². The molecule has 0 saturated heterocycles. The number of aliphatic carboxylic acids is 1. The molecular weight excluding hydrogens is 255 g/mol. The molecule has 1 unspecified atom stereocenters. The molecule has 1 N–H and O–H groups in total. The minimum Gasteiger partial charge on any atom is -0.480 e. The van der Waals surface area contributed by atoms with Gasteiger partial charge in [0.15, 0.2) is 0 Å². The summed E-state index contributed by atoms with van der Waals surface area (Å²) in [5.74, 6) is -0.209. The second-order valence-electron chi connectivity index (χ2n) is 3.14. The van der Waals surface area contributed by atoms with Crippen molar-refractivity contribution in [3.63, 3.8) is 0 Å². The van der Waals surface area contributed by atoms with E-state index in [-0.39, 0.29) is 3.92 Å². The van der Waals surface area contributed by atoms with Crippen LogP contribution in [0, 0.1) is 5.92 Å². The van der Waals surface area contributed by atoms with Crippen molar-refractivity contribution in [2.45, 2.75) is 36.0 Å². The van der Waals surface area contributed by atoms with Crippen LogP contribution in [0.25, 0.3) is 0 Å². The van der Waals surface area contributed by atoms with E-state index in [1.165, 1.54) is 19.3 Å². The Balaban J connectivity index is 2.38. The Morgan fingerprint density at radius 2 is 1.91 bits per heavy atom. The first kappa shape index (κ1) is 9.29. The molecule has 1 rings (SSSR count). The van der Waals surface area contributed by atoms with Crippen LogP contribution >= 0.6 is 22.6 Å². The highest BCUT2D eigenvalue weighted by Gasteiger charge is 2.26. The third-order valence-electron chi connectivity index (χ3n) is 2.30. The van der Waals surface area contributed by atoms with E-state index in [9.17, 15) is 4.79 Å². The molecule has 3 heteroatoms. The van der Waals surface area contributed by atoms with Gasteiger partial charge in [0.2, 0.25) is 0 Å². The normalized spacial score (nSPS) is 23.0. The largest absolute Gasteiger partial charge is 0.480 e. The topological polar surface area (TPSA) is 37.3 Å². The zero-order chi connectivity index (χ0) is 8.27. The fourth-order valence-corrected chi connectivity index (χ4v) is 2.35. The molecule has 1 fully saturated rings. The van der Waals surface area contributed by atoms with E-state index in [4.69, 9.17) is 5.11 Å². The lowest BCUT2D eigenvalue weighted by Gasteiger charge is -2.23. The highest BCUT2D eigenvalue weighted by atomic mass is 127. The Hall–Kier alpha value is 0.200. The van der Waals surface area contributed by atoms with Crippen LogP contribution < -0.4 is 0 Å². The number of carboxylic acid groups (broad SMARTS) is 1. The van der Waals surface area contributed by atoms with Crippen molar-refractivity contribution < 1.29 is 9.90 Å². The zero-order valence-electron chi connectivity index (χ0n) is 6.42. The monoisotopic (exact) mass is 268 g/mol. The van der Waals surface area contributed by atoms with E-state index in [1.807, 2.05) is 0 Å². The molecule has 1 aliphatic rings. The van der Waals surface area contributed by atoms with Crippen molar-refractivity contribution in [1.29, 1.82) is 0 Å². The predicted molar refractivity (Wildman–Crippen MR) is 52.0 cm³/mol. The van der Waals surface area contributed by atoms with Crippen LogP contribution in [-0.4, -0.2) is 15.0 Å². The molecule has 11 heavy (non-hydrogen) atoms. The van der Waals surface area contributed by atoms with Crippen LogP contribution in [-0.2, 0) is 4.79 Å². The highest BCUT2D eigenvalue weighted by molar-refractivity contribution is 14.1. The molecule has 0 bridgehead atoms. The maximum Gasteiger partial charge on any atom is 0.316 e. The smallest absolute Gasteiger partial charge is 0.316 e. The summed E-state index contributed by atoms with van der Waals surface area (Å²) in [6.07, 6.45) is 5.95. The maximum absolute atomic E-state index is 10.6. The molecule has 64 valence electrons. The summed E-state index contributed by atoms with van der Waals surface area (Å²) in [7, 11) is 0. The third-order valence-corrected chi connectivity index (χ3v) is 3.85. The first-order chi connectivity index (χ1) is 5.22. The van der Waals surface area contributed by atoms with Gasteiger partial charge in [-0.05, 0) is 18.8 Å². The Kier molecular flexibility index (Phi) is 3.62. The quantitative estimate of drug-likeness (QED) is 0.617. The van der Waals surface area contributed by atoms with E-state index < -0.39 is 5.97 Å². The maximum atomic E-state index is 10.6. The SMILES string of the molecule is O=C(O)C(I)C1CCCCC1. The van der Waals surface area contributed by atoms with E-state index in [2.05, 4.69) is 22.6 Å². The molecule has 0 radical (unpaired) electrons. The van der Waals surface area contributed by atoms with Gasteiger partial charge in [0.25, 0.3) is 0 Å². The highest BCUT2D eigenvalue weighted by Crippen LogP contribution is 2.30. The summed E-state index contributed by atoms with van der Waals surface area (Å²) in [6.45, 7) is 0. The van der Waals surface area contributed by atoms with Crippen molar-refractivity contribution in [2.24, 2.45) is 5.92 Å². The van der Waals surface area contributed by atoms with Crippen LogP contribution in [0.3, 0.4) is 0 Å². The minimum absolute atomic E-state index is 0.159. The van der Waals surface area contributed by atoms with Gasteiger partial charge in [-0.3, -0.25) is 4.79 Å². The Morgan fingerprint density at radius 3 is 2.36 bits per heavy atom. The summed E-state index contributed by atoms with van der Waals surface area (Å²) in [5.41, 5.74) is 0. The lowest BCUT2D eigenvalue weighted by molar-refractivity contribution is -0.137. The van der Waals surface area contributed by atoms with Gasteiger partial charge in [-0.25, -0.2) is 0 Å². The van der Waals surface area contributed by atoms with E-state index in [0.29, 0.717) is 5.92 Å². The van der Waals surface area contributed by atoms with Crippen LogP contribution in [0.15, 0.2) is 0 Å². The van der Waals surface area contributed by atoms with Gasteiger partial charge in [-0.1, -0.05) is 41.9 Å². The average molecular weight is 268 g/mol. The van der Waals surface area contributed by atoms with E-state index >= 15 is 0 Å². The molecule has 1 atom stereocenters. The minimum atomic E-state index is -0.641. The molecule has 1 aliphatic carbocycles. The number of halogens is 1. The molecule has 0 amide bonds. The number of carboxylic acids is 1. The predicted octanol–water partition coefficient (Wildman–Crippen LogP) is 2.45. The van der Waals surface area contributed by atoms with Gasteiger partial charge in [-0.2, -0.15) is 0 Å². The van der Waals surface area contributed by atoms with Crippen molar-refractivity contribution in [1.82, 2.24) is 0 Å². The number of alkyl halides is 1. The number of hydrogen-bond acceptors (Lipinski definition) is 1. The van der Waals surface area contributed by atoms with Crippen molar-refractivity contribution in [3.05, 3.63) is 0 Å². The van der Waals surface area contributed by atoms with E-state index in [0.717, 1.165) is 12.8 Å². The molecule has 2 nitrogen and oxygen atoms in total. The van der Waals surface area contributed by atoms with Crippen LogP contribution in [0.4, 0.5) is 0 Å². The van der Waals surface area contributed by atoms with Gasteiger partial charge < -0.3 is 5.11 Å². The number of carbonyl (C=O) groups is 1. The summed E-state index contributed by atoms with van der Waals surface area (Å²) in [6, 6.07) is 0. The van der Waals surface area contributed by atoms with Gasteiger partial charge in [-0.15, -0.1) is 0 Å². The van der Waals surface area contributed by atoms with Crippen molar-refractivity contribution in [2.75, 3.05) is 0 Å². The second-order valence-corrected chi connectivity index (χ2v) is 4.48. The Bertz CT molecular complexity index is 141. The Morgan fingerprint density at radius 1 is 1.36 bits per heavy atom. The van der Waals surface area contributed by atoms with Crippen molar-refractivity contribution >= 4 is 28.6 Å². The molecule has 0 aromatic rings. The van der Waals surface area contributed by atoms with Gasteiger partial charge in [0.1, 0.15) is 3.92 Å². The molecule has 1 saturated carbocycles. The van der Waals surface area contributed by atoms with Gasteiger partial charge in [0.05, 0.1) is 0 Å². The summed E-state index contributed by atoms with van der Waals surface area (Å²) in [4.78, 5) is 10.6. The molecule has 0 aliphatic heterocycles. The molecular formula is C8H13IO2. The van der Waals surface area contributed by atoms with E-state index in [1.54, 1.807) is 0 Å². The fourth-order valence-electron chi connectivity index (χ4n) is 1.63. The molecule has 0 heterocycles. The summed E-state index contributed by atoms with van der Waals surface area (Å²) < 4.78 is -0.159. The summed E-state index contributed by atoms with van der Waals surface area (Å²) >= 11 is 2.05. The van der Waals surface area contributed by atoms with Crippen molar-refractivity contribution in [3.8, 4) is 0 Å². The molecule has 0 spiro atoms. The van der Waals surface area contributed by atoms with Crippen LogP contribution in [0.1, 0.15) is 32.1 Å². The second kappa shape index (κ2) is 4.28. The standard InChI is InChI=1S/C8H13IO2/c9-7(8(10)11)6-4-2-1-3-5-6/h6-7H,1-5H2,(H,10,11). The first-order valence-corrected chi connectivity index (χ1v) is 5.33.